The molecule has 178 valence electrons. The zero-order valence-electron chi connectivity index (χ0n) is 19.5. The Kier molecular flexibility index (Phi) is 7.17. The molecule has 4 rings (SSSR count). The van der Waals surface area contributed by atoms with E-state index in [0.717, 1.165) is 17.3 Å². The largest absolute Gasteiger partial charge is 0.495 e. The first-order valence-electron chi connectivity index (χ1n) is 10.8. The van der Waals surface area contributed by atoms with Gasteiger partial charge >= 0.3 is 0 Å². The molecule has 0 unspecified atom stereocenters. The highest BCUT2D eigenvalue weighted by atomic mass is 32.2. The van der Waals surface area contributed by atoms with Crippen molar-refractivity contribution in [3.63, 3.8) is 0 Å². The highest BCUT2D eigenvalue weighted by Gasteiger charge is 2.17. The minimum atomic E-state index is -0.313. The summed E-state index contributed by atoms with van der Waals surface area (Å²) in [6.07, 6.45) is 0. The van der Waals surface area contributed by atoms with Gasteiger partial charge in [-0.15, -0.1) is 0 Å². The van der Waals surface area contributed by atoms with Gasteiger partial charge < -0.3 is 15.4 Å². The first-order chi connectivity index (χ1) is 16.9. The second-order valence-electron chi connectivity index (χ2n) is 7.77. The number of para-hydroxylation sites is 2. The molecule has 35 heavy (non-hydrogen) atoms. The second kappa shape index (κ2) is 10.4. The summed E-state index contributed by atoms with van der Waals surface area (Å²) >= 11 is 1.16. The van der Waals surface area contributed by atoms with Crippen LogP contribution in [0.2, 0.25) is 0 Å². The van der Waals surface area contributed by atoms with Crippen molar-refractivity contribution >= 4 is 45.9 Å². The van der Waals surface area contributed by atoms with Gasteiger partial charge in [-0.2, -0.15) is 0 Å². The molecule has 0 bridgehead atoms. The molecule has 0 saturated heterocycles. The molecule has 1 heterocycles. The van der Waals surface area contributed by atoms with Gasteiger partial charge in [0.2, 0.25) is 11.8 Å². The van der Waals surface area contributed by atoms with Crippen LogP contribution in [0.5, 0.6) is 5.75 Å². The summed E-state index contributed by atoms with van der Waals surface area (Å²) in [5, 5.41) is 6.42. The summed E-state index contributed by atoms with van der Waals surface area (Å²) in [5.41, 5.74) is 2.95. The molecule has 0 aliphatic rings. The van der Waals surface area contributed by atoms with E-state index < -0.39 is 0 Å². The van der Waals surface area contributed by atoms with Crippen LogP contribution in [0.4, 0.5) is 11.4 Å². The quantitative estimate of drug-likeness (QED) is 0.295. The average molecular weight is 489 g/mol. The molecule has 0 saturated carbocycles. The highest BCUT2D eigenvalue weighted by Crippen LogP contribution is 2.29. The summed E-state index contributed by atoms with van der Waals surface area (Å²) in [6, 6.07) is 19.7. The van der Waals surface area contributed by atoms with Crippen LogP contribution in [0, 0.1) is 6.92 Å². The van der Waals surface area contributed by atoms with Gasteiger partial charge in [-0.3, -0.25) is 19.0 Å². The predicted molar refractivity (Wildman–Crippen MR) is 139 cm³/mol. The molecule has 4 aromatic rings. The molecule has 0 fully saturated rings. The van der Waals surface area contributed by atoms with Crippen LogP contribution in [-0.4, -0.2) is 34.2 Å². The Hall–Kier alpha value is -4.11. The third-order valence-electron chi connectivity index (χ3n) is 5.23. The van der Waals surface area contributed by atoms with Gasteiger partial charge in [-0.05, 0) is 48.9 Å². The third kappa shape index (κ3) is 5.36. The van der Waals surface area contributed by atoms with Gasteiger partial charge in [-0.25, -0.2) is 4.98 Å². The van der Waals surface area contributed by atoms with E-state index in [1.165, 1.54) is 14.0 Å². The topological polar surface area (TPSA) is 102 Å². The maximum Gasteiger partial charge on any atom is 0.266 e. The third-order valence-corrected chi connectivity index (χ3v) is 6.17. The van der Waals surface area contributed by atoms with Crippen molar-refractivity contribution in [3.8, 4) is 11.4 Å². The fourth-order valence-electron chi connectivity index (χ4n) is 3.64. The number of rotatable bonds is 7. The van der Waals surface area contributed by atoms with Crippen LogP contribution in [0.15, 0.2) is 76.7 Å². The second-order valence-corrected chi connectivity index (χ2v) is 8.71. The normalized spacial score (nSPS) is 10.7. The SMILES string of the molecule is COc1ccc(NC(C)=O)cc1NC(=O)CSc1nc2ccccc2c(=O)n1-c1ccccc1C. The Labute approximate surface area is 206 Å². The maximum atomic E-state index is 13.4. The first kappa shape index (κ1) is 24.0. The number of methoxy groups -OCH3 is 1. The molecule has 0 radical (unpaired) electrons. The van der Waals surface area contributed by atoms with Gasteiger partial charge in [-0.1, -0.05) is 42.1 Å². The first-order valence-corrected chi connectivity index (χ1v) is 11.8. The number of amides is 2. The van der Waals surface area contributed by atoms with Crippen LogP contribution in [-0.2, 0) is 9.59 Å². The molecular formula is C26H24N4O4S. The van der Waals surface area contributed by atoms with Crippen LogP contribution in [0.1, 0.15) is 12.5 Å². The lowest BCUT2D eigenvalue weighted by atomic mass is 10.2. The van der Waals surface area contributed by atoms with E-state index in [-0.39, 0.29) is 23.1 Å². The molecule has 0 spiro atoms. The number of carbonyl (C=O) groups is 2. The molecular weight excluding hydrogens is 464 g/mol. The van der Waals surface area contributed by atoms with Crippen molar-refractivity contribution in [1.82, 2.24) is 9.55 Å². The predicted octanol–water partition coefficient (Wildman–Crippen LogP) is 4.39. The van der Waals surface area contributed by atoms with E-state index in [1.807, 2.05) is 37.3 Å². The van der Waals surface area contributed by atoms with Crippen molar-refractivity contribution in [2.75, 3.05) is 23.5 Å². The van der Waals surface area contributed by atoms with E-state index in [0.29, 0.717) is 38.9 Å². The monoisotopic (exact) mass is 488 g/mol. The fraction of sp³-hybridized carbons (Fsp3) is 0.154. The lowest BCUT2D eigenvalue weighted by Crippen LogP contribution is -2.23. The number of hydrogen-bond donors (Lipinski definition) is 2. The van der Waals surface area contributed by atoms with Gasteiger partial charge in [0, 0.05) is 12.6 Å². The summed E-state index contributed by atoms with van der Waals surface area (Å²) in [5.74, 6) is -0.0749. The molecule has 3 aromatic carbocycles. The van der Waals surface area contributed by atoms with Crippen molar-refractivity contribution in [2.45, 2.75) is 19.0 Å². The van der Waals surface area contributed by atoms with Crippen LogP contribution < -0.4 is 20.9 Å². The number of aryl methyl sites for hydroxylation is 1. The number of anilines is 2. The standard InChI is InChI=1S/C26H24N4O4S/c1-16-8-4-7-11-22(16)30-25(33)19-9-5-6-10-20(19)29-26(30)35-15-24(32)28-21-14-18(27-17(2)31)12-13-23(21)34-3/h4-14H,15H2,1-3H3,(H,27,31)(H,28,32). The van der Waals surface area contributed by atoms with Crippen molar-refractivity contribution < 1.29 is 14.3 Å². The number of carbonyl (C=O) groups excluding carboxylic acids is 2. The Bertz CT molecular complexity index is 1480. The van der Waals surface area contributed by atoms with Crippen molar-refractivity contribution in [3.05, 3.63) is 82.6 Å². The van der Waals surface area contributed by atoms with Crippen LogP contribution >= 0.6 is 11.8 Å². The number of nitrogens with zero attached hydrogens (tertiary/aromatic N) is 2. The molecule has 2 amide bonds. The minimum absolute atomic E-state index is 0.00415. The van der Waals surface area contributed by atoms with E-state index >= 15 is 0 Å². The molecule has 0 aliphatic heterocycles. The molecule has 9 heteroatoms. The summed E-state index contributed by atoms with van der Waals surface area (Å²) < 4.78 is 6.88. The lowest BCUT2D eigenvalue weighted by Gasteiger charge is -2.15. The maximum absolute atomic E-state index is 13.4. The highest BCUT2D eigenvalue weighted by molar-refractivity contribution is 7.99. The van der Waals surface area contributed by atoms with Crippen LogP contribution in [0.25, 0.3) is 16.6 Å². The minimum Gasteiger partial charge on any atom is -0.495 e. The Morgan fingerprint density at radius 1 is 1.03 bits per heavy atom. The smallest absolute Gasteiger partial charge is 0.266 e. The van der Waals surface area contributed by atoms with Gasteiger partial charge in [0.25, 0.3) is 5.56 Å². The van der Waals surface area contributed by atoms with E-state index in [4.69, 9.17) is 4.74 Å². The van der Waals surface area contributed by atoms with Gasteiger partial charge in [0.15, 0.2) is 5.16 Å². The molecule has 2 N–H and O–H groups in total. The molecule has 8 nitrogen and oxygen atoms in total. The Balaban J connectivity index is 1.64. The van der Waals surface area contributed by atoms with Gasteiger partial charge in [0.05, 0.1) is 35.1 Å². The zero-order valence-corrected chi connectivity index (χ0v) is 20.3. The lowest BCUT2D eigenvalue weighted by molar-refractivity contribution is -0.114. The van der Waals surface area contributed by atoms with Crippen molar-refractivity contribution in [1.29, 1.82) is 0 Å². The summed E-state index contributed by atoms with van der Waals surface area (Å²) in [7, 11) is 1.50. The number of thioether (sulfide) groups is 1. The number of fused-ring (bicyclic) bond motifs is 1. The van der Waals surface area contributed by atoms with E-state index in [2.05, 4.69) is 15.6 Å². The molecule has 0 aliphatic carbocycles. The van der Waals surface area contributed by atoms with E-state index in [9.17, 15) is 14.4 Å². The Morgan fingerprint density at radius 2 is 1.77 bits per heavy atom. The summed E-state index contributed by atoms with van der Waals surface area (Å²) in [4.78, 5) is 42.3. The number of aromatic nitrogens is 2. The zero-order chi connectivity index (χ0) is 24.9. The fourth-order valence-corrected chi connectivity index (χ4v) is 4.44. The van der Waals surface area contributed by atoms with Gasteiger partial charge in [0.1, 0.15) is 5.75 Å². The average Bonchev–Trinajstić information content (AvgIpc) is 2.83. The number of benzene rings is 3. The number of hydrogen-bond acceptors (Lipinski definition) is 6. The van der Waals surface area contributed by atoms with Crippen molar-refractivity contribution in [2.24, 2.45) is 0 Å². The number of nitrogens with one attached hydrogen (secondary N) is 2. The molecule has 0 atom stereocenters. The van der Waals surface area contributed by atoms with Crippen LogP contribution in [0.3, 0.4) is 0 Å². The molecule has 1 aromatic heterocycles. The number of ether oxygens (including phenoxy) is 1. The van der Waals surface area contributed by atoms with E-state index in [1.54, 1.807) is 41.0 Å². The summed E-state index contributed by atoms with van der Waals surface area (Å²) in [6.45, 7) is 3.33. The Morgan fingerprint density at radius 3 is 2.51 bits per heavy atom.